The van der Waals surface area contributed by atoms with Gasteiger partial charge < -0.3 is 4.74 Å². The van der Waals surface area contributed by atoms with Crippen molar-refractivity contribution in [1.82, 2.24) is 0 Å². The van der Waals surface area contributed by atoms with Crippen molar-refractivity contribution in [1.29, 1.82) is 0 Å². The maximum Gasteiger partial charge on any atom is 0.302 e. The number of hydrogen-bond donors (Lipinski definition) is 0. The first-order valence-electron chi connectivity index (χ1n) is 10.1. The quantitative estimate of drug-likeness (QED) is 0.648. The lowest BCUT2D eigenvalue weighted by Gasteiger charge is -2.63. The topological polar surface area (TPSA) is 43.4 Å². The van der Waals surface area contributed by atoms with E-state index in [-0.39, 0.29) is 40.7 Å². The molecule has 0 amide bonds. The lowest BCUT2D eigenvalue weighted by atomic mass is 9.43. The molecule has 0 N–H and O–H groups in total. The summed E-state index contributed by atoms with van der Waals surface area (Å²) in [6, 6.07) is 0. The Balaban J connectivity index is 1.61. The lowest BCUT2D eigenvalue weighted by molar-refractivity contribution is -0.202. The van der Waals surface area contributed by atoms with Crippen LogP contribution in [-0.2, 0) is 14.3 Å². The molecule has 0 heterocycles. The predicted octanol–water partition coefficient (Wildman–Crippen LogP) is 4.62. The molecule has 0 aromatic heterocycles. The molecule has 4 fully saturated rings. The van der Waals surface area contributed by atoms with Crippen molar-refractivity contribution >= 4 is 11.8 Å². The van der Waals surface area contributed by atoms with Crippen molar-refractivity contribution in [2.24, 2.45) is 28.6 Å². The molecule has 4 saturated carbocycles. The lowest BCUT2D eigenvalue weighted by Crippen LogP contribution is -2.63. The average Bonchev–Trinajstić information content (AvgIpc) is 2.84. The van der Waals surface area contributed by atoms with Gasteiger partial charge in [-0.25, -0.2) is 4.39 Å². The Morgan fingerprint density at radius 2 is 1.84 bits per heavy atom. The Morgan fingerprint density at radius 1 is 1.08 bits per heavy atom. The van der Waals surface area contributed by atoms with Gasteiger partial charge in [-0.1, -0.05) is 13.8 Å². The standard InChI is InChI=1S/C21H31FO3/c1-13(23)25-15-8-9-20(3)14(12-15)4-5-17-16-6-7-18(24)19(16,2)10-11-21(17,20)22/h14-17H,4-12H2,1-3H3/t14-,15+,16-,17-,19-,20-,21+/m0/s1. The van der Waals surface area contributed by atoms with Gasteiger partial charge in [0.1, 0.15) is 17.6 Å². The Hall–Kier alpha value is -0.930. The van der Waals surface area contributed by atoms with E-state index in [0.29, 0.717) is 25.0 Å². The minimum Gasteiger partial charge on any atom is -0.463 e. The van der Waals surface area contributed by atoms with Crippen LogP contribution in [0.2, 0.25) is 0 Å². The predicted molar refractivity (Wildman–Crippen MR) is 92.6 cm³/mol. The van der Waals surface area contributed by atoms with Crippen LogP contribution < -0.4 is 0 Å². The first-order chi connectivity index (χ1) is 11.7. The second-order valence-corrected chi connectivity index (χ2v) is 9.65. The molecule has 4 aliphatic carbocycles. The molecule has 4 rings (SSSR count). The molecule has 0 aromatic carbocycles. The Labute approximate surface area is 150 Å². The third-order valence-corrected chi connectivity index (χ3v) is 8.76. The first kappa shape index (κ1) is 17.5. The van der Waals surface area contributed by atoms with Crippen LogP contribution in [0.15, 0.2) is 0 Å². The summed E-state index contributed by atoms with van der Waals surface area (Å²) in [5, 5.41) is 0. The zero-order valence-corrected chi connectivity index (χ0v) is 15.8. The normalized spacial score (nSPS) is 52.1. The van der Waals surface area contributed by atoms with E-state index in [1.165, 1.54) is 6.92 Å². The largest absolute Gasteiger partial charge is 0.463 e. The van der Waals surface area contributed by atoms with E-state index in [1.54, 1.807) is 0 Å². The number of fused-ring (bicyclic) bond motifs is 5. The fourth-order valence-corrected chi connectivity index (χ4v) is 7.22. The molecule has 0 aliphatic heterocycles. The molecule has 0 radical (unpaired) electrons. The number of hydrogen-bond acceptors (Lipinski definition) is 3. The SMILES string of the molecule is CC(=O)O[C@@H]1CC[C@@]2(C)[C@@H](CC[C@H]3[C@@H]4CCC(=O)[C@@]4(C)CC[C@@]32F)C1. The van der Waals surface area contributed by atoms with Crippen LogP contribution in [0.25, 0.3) is 0 Å². The smallest absolute Gasteiger partial charge is 0.302 e. The second kappa shape index (κ2) is 5.53. The van der Waals surface area contributed by atoms with Gasteiger partial charge in [-0.15, -0.1) is 0 Å². The number of ether oxygens (including phenoxy) is 1. The molecular weight excluding hydrogens is 319 g/mol. The van der Waals surface area contributed by atoms with E-state index in [1.807, 2.05) is 0 Å². The van der Waals surface area contributed by atoms with Crippen molar-refractivity contribution < 1.29 is 18.7 Å². The van der Waals surface area contributed by atoms with E-state index >= 15 is 4.39 Å². The van der Waals surface area contributed by atoms with Gasteiger partial charge in [0.25, 0.3) is 0 Å². The number of ketones is 1. The van der Waals surface area contributed by atoms with Gasteiger partial charge in [0, 0.05) is 24.2 Å². The van der Waals surface area contributed by atoms with Crippen molar-refractivity contribution in [2.75, 3.05) is 0 Å². The number of halogens is 1. The maximum absolute atomic E-state index is 16.6. The van der Waals surface area contributed by atoms with Crippen LogP contribution in [0.4, 0.5) is 4.39 Å². The highest BCUT2D eigenvalue weighted by Crippen LogP contribution is 2.68. The van der Waals surface area contributed by atoms with Crippen molar-refractivity contribution in [3.05, 3.63) is 0 Å². The van der Waals surface area contributed by atoms with Crippen LogP contribution in [0, 0.1) is 28.6 Å². The minimum absolute atomic E-state index is 0.0317. The molecule has 4 aliphatic rings. The molecular formula is C21H31FO3. The highest BCUT2D eigenvalue weighted by molar-refractivity contribution is 5.87. The van der Waals surface area contributed by atoms with Gasteiger partial charge in [0.15, 0.2) is 0 Å². The maximum atomic E-state index is 16.6. The fraction of sp³-hybridized carbons (Fsp3) is 0.905. The molecule has 7 atom stereocenters. The zero-order valence-electron chi connectivity index (χ0n) is 15.8. The molecule has 0 aromatic rings. The Morgan fingerprint density at radius 3 is 2.56 bits per heavy atom. The number of Topliss-reactive ketones (excluding diaryl/α,β-unsaturated/α-hetero) is 1. The molecule has 0 saturated heterocycles. The average molecular weight is 350 g/mol. The summed E-state index contributed by atoms with van der Waals surface area (Å²) in [6.45, 7) is 5.70. The molecule has 4 heteroatoms. The molecule has 140 valence electrons. The van der Waals surface area contributed by atoms with Gasteiger partial charge in [0.2, 0.25) is 0 Å². The van der Waals surface area contributed by atoms with Gasteiger partial charge in [-0.3, -0.25) is 9.59 Å². The number of carbonyl (C=O) groups excluding carboxylic acids is 2. The molecule has 0 unspecified atom stereocenters. The number of alkyl halides is 1. The van der Waals surface area contributed by atoms with Crippen molar-refractivity contribution in [2.45, 2.75) is 90.3 Å². The third-order valence-electron chi connectivity index (χ3n) is 8.76. The number of esters is 1. The number of carbonyl (C=O) groups is 2. The van der Waals surface area contributed by atoms with E-state index in [9.17, 15) is 9.59 Å². The Bertz CT molecular complexity index is 604. The summed E-state index contributed by atoms with van der Waals surface area (Å²) in [4.78, 5) is 23.8. The monoisotopic (exact) mass is 350 g/mol. The Kier molecular flexibility index (Phi) is 3.87. The molecule has 0 bridgehead atoms. The van der Waals surface area contributed by atoms with Gasteiger partial charge in [-0.2, -0.15) is 0 Å². The zero-order chi connectivity index (χ0) is 18.0. The highest BCUT2D eigenvalue weighted by Gasteiger charge is 2.68. The number of rotatable bonds is 1. The van der Waals surface area contributed by atoms with Crippen LogP contribution in [0.5, 0.6) is 0 Å². The fourth-order valence-electron chi connectivity index (χ4n) is 7.22. The van der Waals surface area contributed by atoms with Crippen LogP contribution in [0.1, 0.15) is 78.6 Å². The molecule has 3 nitrogen and oxygen atoms in total. The second-order valence-electron chi connectivity index (χ2n) is 9.65. The summed E-state index contributed by atoms with van der Waals surface area (Å²) < 4.78 is 22.1. The molecule has 0 spiro atoms. The van der Waals surface area contributed by atoms with Gasteiger partial charge in [0.05, 0.1) is 0 Å². The highest BCUT2D eigenvalue weighted by atomic mass is 19.1. The molecule has 25 heavy (non-hydrogen) atoms. The third kappa shape index (κ3) is 2.28. The summed E-state index contributed by atoms with van der Waals surface area (Å²) in [7, 11) is 0. The minimum atomic E-state index is -1.16. The van der Waals surface area contributed by atoms with Gasteiger partial charge >= 0.3 is 5.97 Å². The van der Waals surface area contributed by atoms with Gasteiger partial charge in [-0.05, 0) is 69.1 Å². The summed E-state index contributed by atoms with van der Waals surface area (Å²) in [5.41, 5.74) is -1.77. The van der Waals surface area contributed by atoms with Crippen LogP contribution in [0.3, 0.4) is 0 Å². The van der Waals surface area contributed by atoms with Crippen LogP contribution >= 0.6 is 0 Å². The summed E-state index contributed by atoms with van der Waals surface area (Å²) in [6.07, 6.45) is 6.97. The van der Waals surface area contributed by atoms with Crippen molar-refractivity contribution in [3.63, 3.8) is 0 Å². The van der Waals surface area contributed by atoms with E-state index in [4.69, 9.17) is 4.74 Å². The van der Waals surface area contributed by atoms with E-state index < -0.39 is 5.67 Å². The van der Waals surface area contributed by atoms with Crippen molar-refractivity contribution in [3.8, 4) is 0 Å². The first-order valence-corrected chi connectivity index (χ1v) is 10.1. The van der Waals surface area contributed by atoms with E-state index in [2.05, 4.69) is 13.8 Å². The van der Waals surface area contributed by atoms with Crippen LogP contribution in [-0.4, -0.2) is 23.5 Å². The summed E-state index contributed by atoms with van der Waals surface area (Å²) >= 11 is 0. The summed E-state index contributed by atoms with van der Waals surface area (Å²) in [5.74, 6) is 0.681. The van der Waals surface area contributed by atoms with E-state index in [0.717, 1.165) is 38.5 Å².